The van der Waals surface area contributed by atoms with Crippen LogP contribution in [0.1, 0.15) is 24.8 Å². The van der Waals surface area contributed by atoms with Gasteiger partial charge in [-0.2, -0.15) is 8.42 Å². The molecule has 8 heteroatoms. The van der Waals surface area contributed by atoms with E-state index in [4.69, 9.17) is 5.73 Å². The van der Waals surface area contributed by atoms with Gasteiger partial charge in [-0.25, -0.2) is 0 Å². The summed E-state index contributed by atoms with van der Waals surface area (Å²) in [5, 5.41) is 0. The molecule has 1 atom stereocenters. The van der Waals surface area contributed by atoms with Gasteiger partial charge in [0.15, 0.2) is 0 Å². The number of amides is 1. The third-order valence-electron chi connectivity index (χ3n) is 4.83. The second-order valence-electron chi connectivity index (χ2n) is 6.64. The van der Waals surface area contributed by atoms with E-state index in [0.717, 1.165) is 19.5 Å². The lowest BCUT2D eigenvalue weighted by Crippen LogP contribution is -2.32. The van der Waals surface area contributed by atoms with E-state index in [1.54, 1.807) is 31.3 Å². The summed E-state index contributed by atoms with van der Waals surface area (Å²) in [5.41, 5.74) is 6.29. The van der Waals surface area contributed by atoms with Gasteiger partial charge in [-0.1, -0.05) is 12.1 Å². The van der Waals surface area contributed by atoms with Crippen LogP contribution in [0.4, 0.5) is 0 Å². The fraction of sp³-hybridized carbons (Fsp3) is 0.529. The molecule has 25 heavy (non-hydrogen) atoms. The third-order valence-corrected chi connectivity index (χ3v) is 6.16. The van der Waals surface area contributed by atoms with Gasteiger partial charge in [0.05, 0.1) is 0 Å². The highest BCUT2D eigenvalue weighted by atomic mass is 32.2. The Kier molecular flexibility index (Phi) is 5.10. The maximum atomic E-state index is 12.3. The summed E-state index contributed by atoms with van der Waals surface area (Å²) in [5.74, 6) is 1.01. The van der Waals surface area contributed by atoms with E-state index in [9.17, 15) is 13.2 Å². The molecule has 7 nitrogen and oxygen atoms in total. The van der Waals surface area contributed by atoms with E-state index in [0.29, 0.717) is 43.2 Å². The molecule has 1 amide bonds. The number of nitrogens with zero attached hydrogens (tertiary/aromatic N) is 3. The topological polar surface area (TPSA) is 96.1 Å². The zero-order chi connectivity index (χ0) is 18.0. The average Bonchev–Trinajstić information content (AvgIpc) is 3.18. The Balaban J connectivity index is 1.55. The molecule has 1 aromatic carbocycles. The van der Waals surface area contributed by atoms with Crippen molar-refractivity contribution in [2.75, 3.05) is 33.2 Å². The molecule has 0 bridgehead atoms. The lowest BCUT2D eigenvalue weighted by atomic mass is 10.1. The Bertz CT molecular complexity index is 791. The minimum absolute atomic E-state index is 0.144. The number of rotatable bonds is 5. The van der Waals surface area contributed by atoms with Crippen LogP contribution in [0.5, 0.6) is 0 Å². The summed E-state index contributed by atoms with van der Waals surface area (Å²) in [6.07, 6.45) is 2.08. The minimum Gasteiger partial charge on any atom is -0.358 e. The molecule has 3 rings (SSSR count). The van der Waals surface area contributed by atoms with Crippen molar-refractivity contribution < 1.29 is 13.2 Å². The van der Waals surface area contributed by atoms with Crippen LogP contribution in [0.2, 0.25) is 0 Å². The van der Waals surface area contributed by atoms with Crippen molar-refractivity contribution in [2.24, 2.45) is 16.0 Å². The van der Waals surface area contributed by atoms with Gasteiger partial charge in [0.2, 0.25) is 5.91 Å². The van der Waals surface area contributed by atoms with Gasteiger partial charge in [-0.15, -0.1) is 4.40 Å². The first kappa shape index (κ1) is 17.9. The van der Waals surface area contributed by atoms with Crippen LogP contribution in [-0.2, 0) is 14.8 Å². The fourth-order valence-corrected chi connectivity index (χ4v) is 4.60. The second kappa shape index (κ2) is 7.13. The van der Waals surface area contributed by atoms with Crippen molar-refractivity contribution in [3.63, 3.8) is 0 Å². The summed E-state index contributed by atoms with van der Waals surface area (Å²) in [6, 6.07) is 6.82. The molecule has 1 fully saturated rings. The molecule has 1 unspecified atom stereocenters. The van der Waals surface area contributed by atoms with Gasteiger partial charge in [-0.05, 0) is 37.4 Å². The molecule has 0 aromatic heterocycles. The minimum atomic E-state index is -3.60. The lowest BCUT2D eigenvalue weighted by Gasteiger charge is -2.20. The van der Waals surface area contributed by atoms with Crippen molar-refractivity contribution in [2.45, 2.75) is 24.2 Å². The van der Waals surface area contributed by atoms with Crippen molar-refractivity contribution in [3.8, 4) is 0 Å². The van der Waals surface area contributed by atoms with Crippen LogP contribution in [0.15, 0.2) is 33.6 Å². The summed E-state index contributed by atoms with van der Waals surface area (Å²) in [7, 11) is -1.80. The second-order valence-corrected chi connectivity index (χ2v) is 8.21. The highest BCUT2D eigenvalue weighted by Gasteiger charge is 2.30. The number of hydrogen-bond acceptors (Lipinski definition) is 5. The largest absolute Gasteiger partial charge is 0.358 e. The Morgan fingerprint density at radius 3 is 2.88 bits per heavy atom. The molecule has 1 aromatic rings. The molecule has 2 N–H and O–H groups in total. The molecule has 2 heterocycles. The molecular weight excluding hydrogens is 340 g/mol. The first-order valence-electron chi connectivity index (χ1n) is 8.55. The van der Waals surface area contributed by atoms with Crippen LogP contribution < -0.4 is 5.73 Å². The first-order chi connectivity index (χ1) is 11.9. The fourth-order valence-electron chi connectivity index (χ4n) is 3.35. The quantitative estimate of drug-likeness (QED) is 0.828. The molecule has 1 saturated heterocycles. The maximum absolute atomic E-state index is 12.3. The van der Waals surface area contributed by atoms with Gasteiger partial charge in [0.25, 0.3) is 10.0 Å². The van der Waals surface area contributed by atoms with Crippen molar-refractivity contribution >= 4 is 21.8 Å². The van der Waals surface area contributed by atoms with E-state index < -0.39 is 10.0 Å². The number of benzene rings is 1. The number of fused-ring (bicyclic) bond motifs is 1. The number of amidine groups is 1. The zero-order valence-electron chi connectivity index (χ0n) is 14.4. The van der Waals surface area contributed by atoms with Gasteiger partial charge < -0.3 is 15.5 Å². The summed E-state index contributed by atoms with van der Waals surface area (Å²) < 4.78 is 28.1. The normalized spacial score (nSPS) is 21.1. The van der Waals surface area contributed by atoms with Gasteiger partial charge in [-0.3, -0.25) is 4.79 Å². The van der Waals surface area contributed by atoms with Gasteiger partial charge in [0.1, 0.15) is 10.7 Å². The van der Waals surface area contributed by atoms with Crippen molar-refractivity contribution in [3.05, 3.63) is 29.8 Å². The standard InChI is InChI=1S/C17H24N4O3S/c1-20(9-4-7-16(22)21-10-8-13(11-18)12-21)17-14-5-2-3-6-15(14)25(23,24)19-17/h2-3,5-6,13H,4,7-12,18H2,1H3. The van der Waals surface area contributed by atoms with Crippen LogP contribution in [0.25, 0.3) is 0 Å². The number of hydrogen-bond donors (Lipinski definition) is 1. The molecular formula is C17H24N4O3S. The Morgan fingerprint density at radius 1 is 1.40 bits per heavy atom. The summed E-state index contributed by atoms with van der Waals surface area (Å²) >= 11 is 0. The number of sulfonamides is 1. The highest BCUT2D eigenvalue weighted by molar-refractivity contribution is 7.90. The van der Waals surface area contributed by atoms with E-state index in [1.165, 1.54) is 0 Å². The zero-order valence-corrected chi connectivity index (χ0v) is 15.2. The smallest absolute Gasteiger partial charge is 0.285 e. The number of carbonyl (C=O) groups excluding carboxylic acids is 1. The number of likely N-dealkylation sites (tertiary alicyclic amines) is 1. The van der Waals surface area contributed by atoms with Crippen molar-refractivity contribution in [1.29, 1.82) is 0 Å². The Hall–Kier alpha value is -1.93. The maximum Gasteiger partial charge on any atom is 0.285 e. The van der Waals surface area contributed by atoms with Crippen molar-refractivity contribution in [1.82, 2.24) is 9.80 Å². The Morgan fingerprint density at radius 2 is 2.16 bits per heavy atom. The molecule has 0 spiro atoms. The van der Waals surface area contributed by atoms with E-state index in [2.05, 4.69) is 4.40 Å². The predicted molar refractivity (Wildman–Crippen MR) is 95.8 cm³/mol. The monoisotopic (exact) mass is 364 g/mol. The Labute approximate surface area is 148 Å². The molecule has 2 aliphatic heterocycles. The van der Waals surface area contributed by atoms with Crippen LogP contribution >= 0.6 is 0 Å². The SMILES string of the molecule is CN(CCCC(=O)N1CCC(CN)C1)C1=NS(=O)(=O)c2ccccc21. The average molecular weight is 364 g/mol. The highest BCUT2D eigenvalue weighted by Crippen LogP contribution is 2.27. The van der Waals surface area contributed by atoms with Crippen LogP contribution in [0.3, 0.4) is 0 Å². The predicted octanol–water partition coefficient (Wildman–Crippen LogP) is 0.655. The van der Waals surface area contributed by atoms with Crippen LogP contribution in [-0.4, -0.2) is 63.2 Å². The molecule has 136 valence electrons. The third kappa shape index (κ3) is 3.69. The molecule has 0 aliphatic carbocycles. The number of carbonyl (C=O) groups is 1. The summed E-state index contributed by atoms with van der Waals surface area (Å²) in [6.45, 7) is 2.74. The lowest BCUT2D eigenvalue weighted by molar-refractivity contribution is -0.130. The van der Waals surface area contributed by atoms with Crippen LogP contribution in [0, 0.1) is 5.92 Å². The summed E-state index contributed by atoms with van der Waals surface area (Å²) in [4.78, 5) is 16.2. The van der Waals surface area contributed by atoms with E-state index >= 15 is 0 Å². The molecule has 2 aliphatic rings. The molecule has 0 saturated carbocycles. The van der Waals surface area contributed by atoms with E-state index in [-0.39, 0.29) is 10.8 Å². The van der Waals surface area contributed by atoms with E-state index in [1.807, 2.05) is 9.80 Å². The van der Waals surface area contributed by atoms with Gasteiger partial charge >= 0.3 is 0 Å². The molecule has 0 radical (unpaired) electrons. The first-order valence-corrected chi connectivity index (χ1v) is 9.99. The van der Waals surface area contributed by atoms with Gasteiger partial charge in [0, 0.05) is 38.7 Å². The number of nitrogens with two attached hydrogens (primary N) is 1.